The van der Waals surface area contributed by atoms with Crippen LogP contribution in [0.15, 0.2) is 48.2 Å². The second-order valence-electron chi connectivity index (χ2n) is 8.79. The van der Waals surface area contributed by atoms with Gasteiger partial charge in [0, 0.05) is 0 Å². The summed E-state index contributed by atoms with van der Waals surface area (Å²) >= 11 is 0. The van der Waals surface area contributed by atoms with Crippen LogP contribution in [-0.4, -0.2) is 24.3 Å². The molecule has 0 saturated heterocycles. The maximum absolute atomic E-state index is 13.1. The van der Waals surface area contributed by atoms with E-state index in [1.165, 1.54) is 11.1 Å². The lowest BCUT2D eigenvalue weighted by atomic mass is 9.80. The van der Waals surface area contributed by atoms with Gasteiger partial charge in [0.05, 0.1) is 19.3 Å². The van der Waals surface area contributed by atoms with Crippen molar-refractivity contribution in [2.45, 2.75) is 71.7 Å². The predicted octanol–water partition coefficient (Wildman–Crippen LogP) is 5.81. The van der Waals surface area contributed by atoms with Gasteiger partial charge in [-0.1, -0.05) is 48.0 Å². The molecule has 2 aromatic rings. The molecule has 0 unspecified atom stereocenters. The third-order valence-electron chi connectivity index (χ3n) is 6.42. The van der Waals surface area contributed by atoms with E-state index < -0.39 is 5.60 Å². The summed E-state index contributed by atoms with van der Waals surface area (Å²) in [5, 5.41) is 0. The van der Waals surface area contributed by atoms with E-state index in [2.05, 4.69) is 45.0 Å². The molecule has 0 atom stereocenters. The molecule has 0 N–H and O–H groups in total. The third kappa shape index (κ3) is 4.27. The van der Waals surface area contributed by atoms with Crippen molar-refractivity contribution in [1.29, 1.82) is 0 Å². The Balaban J connectivity index is 1.57. The second kappa shape index (κ2) is 8.88. The molecule has 1 heterocycles. The molecule has 0 radical (unpaired) electrons. The lowest BCUT2D eigenvalue weighted by molar-refractivity contribution is -0.153. The van der Waals surface area contributed by atoms with Crippen molar-refractivity contribution in [2.24, 2.45) is 0 Å². The molecule has 2 aliphatic rings. The Morgan fingerprint density at radius 2 is 1.68 bits per heavy atom. The van der Waals surface area contributed by atoms with Crippen molar-refractivity contribution in [3.05, 3.63) is 76.0 Å². The fraction of sp³-hybridized carbons (Fsp3) is 0.444. The Labute approximate surface area is 185 Å². The zero-order chi connectivity index (χ0) is 22.0. The standard InChI is InChI=1S/C27H32O4/c1-5-29-25-24(23-19(3)15-18(2)16-20(23)4)26(28)31-27(25)13-11-22(12-14-27)30-17-21-9-7-6-8-10-21/h6-10,15-16,22H,5,11-14,17H2,1-4H3. The normalized spacial score (nSPS) is 23.4. The van der Waals surface area contributed by atoms with Gasteiger partial charge in [0.15, 0.2) is 11.4 Å². The molecule has 1 spiro atoms. The number of hydrogen-bond donors (Lipinski definition) is 0. The molecule has 164 valence electrons. The van der Waals surface area contributed by atoms with Crippen LogP contribution in [0, 0.1) is 20.8 Å². The molecule has 1 fully saturated rings. The van der Waals surface area contributed by atoms with Crippen LogP contribution in [0.4, 0.5) is 0 Å². The lowest BCUT2D eigenvalue weighted by Crippen LogP contribution is -2.39. The van der Waals surface area contributed by atoms with Gasteiger partial charge in [0.2, 0.25) is 0 Å². The van der Waals surface area contributed by atoms with E-state index in [1.54, 1.807) is 0 Å². The Hall–Kier alpha value is -2.59. The van der Waals surface area contributed by atoms with Crippen LogP contribution >= 0.6 is 0 Å². The van der Waals surface area contributed by atoms with Gasteiger partial charge in [-0.2, -0.15) is 0 Å². The number of carbonyl (C=O) groups excluding carboxylic acids is 1. The van der Waals surface area contributed by atoms with Gasteiger partial charge in [-0.3, -0.25) is 0 Å². The van der Waals surface area contributed by atoms with Gasteiger partial charge < -0.3 is 14.2 Å². The van der Waals surface area contributed by atoms with Crippen LogP contribution in [0.5, 0.6) is 0 Å². The van der Waals surface area contributed by atoms with Gasteiger partial charge in [-0.05, 0) is 75.6 Å². The highest BCUT2D eigenvalue weighted by molar-refractivity contribution is 6.20. The SMILES string of the molecule is CCOC1=C(c2c(C)cc(C)cc2C)C(=O)OC12CCC(OCc1ccccc1)CC2. The first-order valence-electron chi connectivity index (χ1n) is 11.3. The second-order valence-corrected chi connectivity index (χ2v) is 8.79. The molecule has 2 aromatic carbocycles. The van der Waals surface area contributed by atoms with Gasteiger partial charge in [0.25, 0.3) is 0 Å². The third-order valence-corrected chi connectivity index (χ3v) is 6.42. The van der Waals surface area contributed by atoms with Crippen molar-refractivity contribution in [3.63, 3.8) is 0 Å². The van der Waals surface area contributed by atoms with E-state index in [1.807, 2.05) is 25.1 Å². The zero-order valence-corrected chi connectivity index (χ0v) is 19.0. The molecule has 0 bridgehead atoms. The largest absolute Gasteiger partial charge is 0.493 e. The molecule has 1 saturated carbocycles. The van der Waals surface area contributed by atoms with E-state index in [0.717, 1.165) is 48.1 Å². The highest BCUT2D eigenvalue weighted by atomic mass is 16.6. The van der Waals surface area contributed by atoms with Crippen LogP contribution in [0.3, 0.4) is 0 Å². The molecule has 4 heteroatoms. The Bertz CT molecular complexity index is 959. The van der Waals surface area contributed by atoms with E-state index in [-0.39, 0.29) is 12.1 Å². The summed E-state index contributed by atoms with van der Waals surface area (Å²) in [5.41, 5.74) is 5.43. The minimum Gasteiger partial charge on any atom is -0.493 e. The number of ether oxygens (including phenoxy) is 3. The number of rotatable bonds is 6. The summed E-state index contributed by atoms with van der Waals surface area (Å²) in [7, 11) is 0. The molecule has 1 aliphatic carbocycles. The molecule has 31 heavy (non-hydrogen) atoms. The van der Waals surface area contributed by atoms with Gasteiger partial charge in [-0.25, -0.2) is 4.79 Å². The molecule has 0 aromatic heterocycles. The highest BCUT2D eigenvalue weighted by Gasteiger charge is 2.52. The predicted molar refractivity (Wildman–Crippen MR) is 122 cm³/mol. The smallest absolute Gasteiger partial charge is 0.343 e. The maximum atomic E-state index is 13.1. The monoisotopic (exact) mass is 420 g/mol. The molecular formula is C27H32O4. The van der Waals surface area contributed by atoms with E-state index >= 15 is 0 Å². The van der Waals surface area contributed by atoms with Crippen molar-refractivity contribution in [3.8, 4) is 0 Å². The number of esters is 1. The first-order chi connectivity index (χ1) is 14.9. The van der Waals surface area contributed by atoms with Crippen LogP contribution in [0.25, 0.3) is 5.57 Å². The van der Waals surface area contributed by atoms with Crippen molar-refractivity contribution in [1.82, 2.24) is 0 Å². The minimum atomic E-state index is -0.668. The topological polar surface area (TPSA) is 44.8 Å². The first kappa shape index (κ1) is 21.6. The van der Waals surface area contributed by atoms with Crippen molar-refractivity contribution < 1.29 is 19.0 Å². The van der Waals surface area contributed by atoms with Crippen LogP contribution in [0.2, 0.25) is 0 Å². The Morgan fingerprint density at radius 3 is 2.29 bits per heavy atom. The summed E-state index contributed by atoms with van der Waals surface area (Å²) in [6.45, 7) is 9.27. The number of benzene rings is 2. The summed E-state index contributed by atoms with van der Waals surface area (Å²) in [6.07, 6.45) is 3.30. The summed E-state index contributed by atoms with van der Waals surface area (Å²) in [5.74, 6) is 0.457. The quantitative estimate of drug-likeness (QED) is 0.553. The van der Waals surface area contributed by atoms with E-state index in [0.29, 0.717) is 18.8 Å². The maximum Gasteiger partial charge on any atom is 0.343 e. The highest BCUT2D eigenvalue weighted by Crippen LogP contribution is 2.48. The van der Waals surface area contributed by atoms with E-state index in [9.17, 15) is 4.79 Å². The number of carbonyl (C=O) groups is 1. The lowest BCUT2D eigenvalue weighted by Gasteiger charge is -2.37. The average Bonchev–Trinajstić information content (AvgIpc) is 2.99. The van der Waals surface area contributed by atoms with Crippen LogP contribution in [0.1, 0.15) is 60.4 Å². The van der Waals surface area contributed by atoms with Gasteiger partial charge in [0.1, 0.15) is 5.57 Å². The molecule has 4 nitrogen and oxygen atoms in total. The van der Waals surface area contributed by atoms with Crippen LogP contribution in [-0.2, 0) is 25.6 Å². The molecule has 4 rings (SSSR count). The average molecular weight is 421 g/mol. The van der Waals surface area contributed by atoms with Crippen LogP contribution < -0.4 is 0 Å². The molecule has 0 amide bonds. The van der Waals surface area contributed by atoms with Crippen molar-refractivity contribution >= 4 is 11.5 Å². The van der Waals surface area contributed by atoms with Crippen molar-refractivity contribution in [2.75, 3.05) is 6.61 Å². The molecular weight excluding hydrogens is 388 g/mol. The Morgan fingerprint density at radius 1 is 1.03 bits per heavy atom. The van der Waals surface area contributed by atoms with Gasteiger partial charge in [-0.15, -0.1) is 0 Å². The van der Waals surface area contributed by atoms with E-state index in [4.69, 9.17) is 14.2 Å². The Kier molecular flexibility index (Phi) is 6.19. The summed E-state index contributed by atoms with van der Waals surface area (Å²) in [4.78, 5) is 13.1. The number of hydrogen-bond acceptors (Lipinski definition) is 4. The molecule has 1 aliphatic heterocycles. The first-order valence-corrected chi connectivity index (χ1v) is 11.3. The number of aryl methyl sites for hydroxylation is 3. The fourth-order valence-corrected chi connectivity index (χ4v) is 5.08. The van der Waals surface area contributed by atoms with Gasteiger partial charge >= 0.3 is 5.97 Å². The minimum absolute atomic E-state index is 0.166. The fourth-order valence-electron chi connectivity index (χ4n) is 5.08. The summed E-state index contributed by atoms with van der Waals surface area (Å²) in [6, 6.07) is 14.5. The zero-order valence-electron chi connectivity index (χ0n) is 19.0. The summed E-state index contributed by atoms with van der Waals surface area (Å²) < 4.78 is 18.4.